The lowest BCUT2D eigenvalue weighted by molar-refractivity contribution is 0.365. The highest BCUT2D eigenvalue weighted by atomic mass is 35.5. The Morgan fingerprint density at radius 3 is 2.29 bits per heavy atom. The minimum Gasteiger partial charge on any atom is -0.497 e. The summed E-state index contributed by atoms with van der Waals surface area (Å²) in [5, 5.41) is 0. The molecule has 0 saturated heterocycles. The third kappa shape index (κ3) is 2.04. The van der Waals surface area contributed by atoms with Crippen LogP contribution in [0.25, 0.3) is 0 Å². The van der Waals surface area contributed by atoms with Crippen molar-refractivity contribution in [2.24, 2.45) is 17.6 Å². The van der Waals surface area contributed by atoms with E-state index in [0.29, 0.717) is 12.0 Å². The van der Waals surface area contributed by atoms with E-state index in [2.05, 4.69) is 12.1 Å². The van der Waals surface area contributed by atoms with Crippen molar-refractivity contribution in [1.82, 2.24) is 0 Å². The van der Waals surface area contributed by atoms with E-state index in [1.165, 1.54) is 24.8 Å². The number of rotatable bonds is 2. The third-order valence-corrected chi connectivity index (χ3v) is 4.48. The number of nitrogens with two attached hydrogens (primary N) is 1. The second-order valence-electron chi connectivity index (χ2n) is 5.21. The molecule has 0 aromatic heterocycles. The summed E-state index contributed by atoms with van der Waals surface area (Å²) in [6, 6.07) is 8.85. The van der Waals surface area contributed by atoms with E-state index in [9.17, 15) is 0 Å². The van der Waals surface area contributed by atoms with E-state index in [0.717, 1.165) is 17.6 Å². The second-order valence-corrected chi connectivity index (χ2v) is 5.21. The molecule has 2 fully saturated rings. The first kappa shape index (κ1) is 12.7. The molecule has 2 aliphatic rings. The lowest BCUT2D eigenvalue weighted by Gasteiger charge is -2.28. The number of hydrogen-bond acceptors (Lipinski definition) is 2. The van der Waals surface area contributed by atoms with E-state index in [-0.39, 0.29) is 12.4 Å². The molecule has 2 N–H and O–H groups in total. The number of fused-ring (bicyclic) bond motifs is 2. The molecule has 94 valence electrons. The van der Waals surface area contributed by atoms with Crippen LogP contribution in [0.2, 0.25) is 0 Å². The maximum absolute atomic E-state index is 6.34. The molecule has 0 radical (unpaired) electrons. The van der Waals surface area contributed by atoms with Crippen molar-refractivity contribution in [3.05, 3.63) is 29.8 Å². The average Bonchev–Trinajstić information content (AvgIpc) is 2.90. The van der Waals surface area contributed by atoms with Crippen LogP contribution in [0.4, 0.5) is 0 Å². The molecular formula is C14H20ClNO. The molecule has 2 bridgehead atoms. The quantitative estimate of drug-likeness (QED) is 0.880. The lowest BCUT2D eigenvalue weighted by atomic mass is 9.80. The van der Waals surface area contributed by atoms with Gasteiger partial charge in [0.25, 0.3) is 0 Å². The molecule has 1 aromatic carbocycles. The molecule has 4 unspecified atom stereocenters. The summed E-state index contributed by atoms with van der Waals surface area (Å²) in [5.74, 6) is 3.12. The van der Waals surface area contributed by atoms with Gasteiger partial charge in [0, 0.05) is 12.0 Å². The zero-order valence-corrected chi connectivity index (χ0v) is 11.0. The van der Waals surface area contributed by atoms with E-state index >= 15 is 0 Å². The number of ether oxygens (including phenoxy) is 1. The second kappa shape index (κ2) is 4.87. The number of hydrogen-bond donors (Lipinski definition) is 1. The highest BCUT2D eigenvalue weighted by Crippen LogP contribution is 2.52. The molecule has 0 aliphatic heterocycles. The molecule has 0 amide bonds. The van der Waals surface area contributed by atoms with Gasteiger partial charge in [-0.1, -0.05) is 12.1 Å². The predicted octanol–water partition coefficient (Wildman–Crippen LogP) is 2.96. The smallest absolute Gasteiger partial charge is 0.118 e. The summed E-state index contributed by atoms with van der Waals surface area (Å²) in [7, 11) is 1.71. The van der Waals surface area contributed by atoms with Crippen molar-refractivity contribution in [1.29, 1.82) is 0 Å². The zero-order valence-electron chi connectivity index (χ0n) is 10.1. The molecule has 4 atom stereocenters. The molecule has 3 rings (SSSR count). The largest absolute Gasteiger partial charge is 0.497 e. The van der Waals surface area contributed by atoms with E-state index in [1.54, 1.807) is 7.11 Å². The predicted molar refractivity (Wildman–Crippen MR) is 71.8 cm³/mol. The minimum atomic E-state index is 0. The van der Waals surface area contributed by atoms with Gasteiger partial charge >= 0.3 is 0 Å². The first-order chi connectivity index (χ1) is 7.79. The van der Waals surface area contributed by atoms with Gasteiger partial charge in [0.1, 0.15) is 5.75 Å². The monoisotopic (exact) mass is 253 g/mol. The molecular weight excluding hydrogens is 234 g/mol. The van der Waals surface area contributed by atoms with Gasteiger partial charge in [0.15, 0.2) is 0 Å². The Morgan fingerprint density at radius 1 is 1.12 bits per heavy atom. The van der Waals surface area contributed by atoms with Crippen LogP contribution in [0, 0.1) is 11.8 Å². The SMILES string of the molecule is COc1ccc(C2C3CCC(C3)C2N)cc1.Cl. The van der Waals surface area contributed by atoms with Crippen LogP contribution in [0.3, 0.4) is 0 Å². The Morgan fingerprint density at radius 2 is 1.76 bits per heavy atom. The van der Waals surface area contributed by atoms with Gasteiger partial charge in [-0.15, -0.1) is 12.4 Å². The van der Waals surface area contributed by atoms with Crippen LogP contribution < -0.4 is 10.5 Å². The highest BCUT2D eigenvalue weighted by molar-refractivity contribution is 5.85. The van der Waals surface area contributed by atoms with Crippen LogP contribution in [0.15, 0.2) is 24.3 Å². The van der Waals surface area contributed by atoms with Crippen LogP contribution in [0.5, 0.6) is 5.75 Å². The van der Waals surface area contributed by atoms with Crippen molar-refractivity contribution in [2.75, 3.05) is 7.11 Å². The van der Waals surface area contributed by atoms with Crippen LogP contribution >= 0.6 is 12.4 Å². The van der Waals surface area contributed by atoms with Gasteiger partial charge in [0.2, 0.25) is 0 Å². The van der Waals surface area contributed by atoms with Gasteiger partial charge in [-0.2, -0.15) is 0 Å². The molecule has 2 saturated carbocycles. The van der Waals surface area contributed by atoms with Gasteiger partial charge < -0.3 is 10.5 Å². The summed E-state index contributed by atoms with van der Waals surface area (Å²) in [4.78, 5) is 0. The van der Waals surface area contributed by atoms with Gasteiger partial charge in [-0.05, 0) is 48.8 Å². The summed E-state index contributed by atoms with van der Waals surface area (Å²) >= 11 is 0. The molecule has 0 heterocycles. The minimum absolute atomic E-state index is 0. The standard InChI is InChI=1S/C14H19NO.ClH/c1-16-12-6-4-9(5-7-12)13-10-2-3-11(8-10)14(13)15;/h4-7,10-11,13-14H,2-3,8,15H2,1H3;1H. The van der Waals surface area contributed by atoms with Crippen molar-refractivity contribution in [3.8, 4) is 5.75 Å². The van der Waals surface area contributed by atoms with Crippen LogP contribution in [0.1, 0.15) is 30.7 Å². The van der Waals surface area contributed by atoms with Crippen LogP contribution in [-0.4, -0.2) is 13.2 Å². The van der Waals surface area contributed by atoms with Gasteiger partial charge in [-0.3, -0.25) is 0 Å². The number of benzene rings is 1. The van der Waals surface area contributed by atoms with Crippen molar-refractivity contribution in [3.63, 3.8) is 0 Å². The van der Waals surface area contributed by atoms with Crippen LogP contribution in [-0.2, 0) is 0 Å². The first-order valence-electron chi connectivity index (χ1n) is 6.19. The molecule has 17 heavy (non-hydrogen) atoms. The maximum atomic E-state index is 6.34. The topological polar surface area (TPSA) is 35.2 Å². The summed E-state index contributed by atoms with van der Waals surface area (Å²) in [6.45, 7) is 0. The van der Waals surface area contributed by atoms with E-state index in [4.69, 9.17) is 10.5 Å². The zero-order chi connectivity index (χ0) is 11.1. The molecule has 1 aromatic rings. The fourth-order valence-corrected chi connectivity index (χ4v) is 3.66. The number of methoxy groups -OCH3 is 1. The van der Waals surface area contributed by atoms with Gasteiger partial charge in [0.05, 0.1) is 7.11 Å². The lowest BCUT2D eigenvalue weighted by Crippen LogP contribution is -2.33. The third-order valence-electron chi connectivity index (χ3n) is 4.48. The van der Waals surface area contributed by atoms with Gasteiger partial charge in [-0.25, -0.2) is 0 Å². The van der Waals surface area contributed by atoms with Crippen molar-refractivity contribution in [2.45, 2.75) is 31.2 Å². The Hall–Kier alpha value is -0.730. The van der Waals surface area contributed by atoms with Crippen molar-refractivity contribution < 1.29 is 4.74 Å². The van der Waals surface area contributed by atoms with E-state index in [1.807, 2.05) is 12.1 Å². The normalized spacial score (nSPS) is 34.5. The fraction of sp³-hybridized carbons (Fsp3) is 0.571. The van der Waals surface area contributed by atoms with E-state index < -0.39 is 0 Å². The first-order valence-corrected chi connectivity index (χ1v) is 6.19. The molecule has 2 nitrogen and oxygen atoms in total. The summed E-state index contributed by atoms with van der Waals surface area (Å²) in [5.41, 5.74) is 7.74. The fourth-order valence-electron chi connectivity index (χ4n) is 3.66. The molecule has 0 spiro atoms. The maximum Gasteiger partial charge on any atom is 0.118 e. The Kier molecular flexibility index (Phi) is 3.64. The average molecular weight is 254 g/mol. The Balaban J connectivity index is 0.00000108. The highest BCUT2D eigenvalue weighted by Gasteiger charge is 2.46. The van der Waals surface area contributed by atoms with Crippen molar-refractivity contribution >= 4 is 12.4 Å². The summed E-state index contributed by atoms with van der Waals surface area (Å²) < 4.78 is 5.19. The molecule has 3 heteroatoms. The number of halogens is 1. The Labute approximate surface area is 109 Å². The molecule has 2 aliphatic carbocycles. The Bertz CT molecular complexity index is 376. The summed E-state index contributed by atoms with van der Waals surface area (Å²) in [6.07, 6.45) is 4.06.